The Morgan fingerprint density at radius 3 is 2.73 bits per heavy atom. The van der Waals surface area contributed by atoms with Gasteiger partial charge in [0.2, 0.25) is 5.88 Å². The molecular weight excluding hydrogens is 214 g/mol. The summed E-state index contributed by atoms with van der Waals surface area (Å²) in [6, 6.07) is 3.56. The Balaban J connectivity index is 2.68. The molecule has 0 aliphatic carbocycles. The highest BCUT2D eigenvalue weighted by atomic mass is 35.5. The number of anilines is 1. The van der Waals surface area contributed by atoms with Crippen LogP contribution in [0.1, 0.15) is 0 Å². The highest BCUT2D eigenvalue weighted by Gasteiger charge is 2.08. The number of aromatic nitrogens is 2. The summed E-state index contributed by atoms with van der Waals surface area (Å²) in [5, 5.41) is 0.621. The summed E-state index contributed by atoms with van der Waals surface area (Å²) in [5.74, 6) is 1.55. The van der Waals surface area contributed by atoms with Crippen molar-refractivity contribution in [1.29, 1.82) is 0 Å². The first kappa shape index (κ1) is 10.1. The quantitative estimate of drug-likeness (QED) is 0.784. The fourth-order valence-electron chi connectivity index (χ4n) is 1.39. The highest BCUT2D eigenvalue weighted by molar-refractivity contribution is 6.31. The maximum Gasteiger partial charge on any atom is 0.200 e. The predicted octanol–water partition coefficient (Wildman–Crippen LogP) is 2.06. The van der Waals surface area contributed by atoms with Gasteiger partial charge >= 0.3 is 0 Å². The second-order valence-electron chi connectivity index (χ2n) is 3.44. The van der Waals surface area contributed by atoms with Crippen LogP contribution < -0.4 is 9.64 Å². The van der Waals surface area contributed by atoms with E-state index in [1.807, 2.05) is 29.6 Å². The average Bonchev–Trinajstić information content (AvgIpc) is 2.59. The lowest BCUT2D eigenvalue weighted by molar-refractivity contribution is 0.392. The Hall–Kier alpha value is -1.42. The Bertz CT molecular complexity index is 493. The zero-order chi connectivity index (χ0) is 11.0. The monoisotopic (exact) mass is 225 g/mol. The van der Waals surface area contributed by atoms with Gasteiger partial charge in [0.15, 0.2) is 0 Å². The van der Waals surface area contributed by atoms with Crippen molar-refractivity contribution in [3.05, 3.63) is 23.4 Å². The normalized spacial score (nSPS) is 10.7. The van der Waals surface area contributed by atoms with Gasteiger partial charge < -0.3 is 9.64 Å². The molecule has 2 rings (SSSR count). The molecule has 2 aromatic rings. The van der Waals surface area contributed by atoms with E-state index in [1.165, 1.54) is 0 Å². The first-order chi connectivity index (χ1) is 7.11. The number of rotatable bonds is 2. The Kier molecular flexibility index (Phi) is 2.44. The molecule has 0 aliphatic rings. The van der Waals surface area contributed by atoms with Crippen molar-refractivity contribution in [1.82, 2.24) is 9.38 Å². The molecule has 0 bridgehead atoms. The lowest BCUT2D eigenvalue weighted by Crippen LogP contribution is -2.08. The molecule has 0 saturated heterocycles. The largest absolute Gasteiger partial charge is 0.482 e. The zero-order valence-corrected chi connectivity index (χ0v) is 9.62. The molecule has 0 atom stereocenters. The van der Waals surface area contributed by atoms with Gasteiger partial charge in [0, 0.05) is 31.3 Å². The minimum absolute atomic E-state index is 0.621. The van der Waals surface area contributed by atoms with Gasteiger partial charge in [-0.2, -0.15) is 0 Å². The molecule has 0 N–H and O–H groups in total. The van der Waals surface area contributed by atoms with Crippen LogP contribution in [0.15, 0.2) is 18.3 Å². The predicted molar refractivity (Wildman–Crippen MR) is 61.1 cm³/mol. The number of ether oxygens (including phenoxy) is 1. The van der Waals surface area contributed by atoms with Crippen molar-refractivity contribution < 1.29 is 4.74 Å². The summed E-state index contributed by atoms with van der Waals surface area (Å²) in [5.41, 5.74) is 0.781. The smallest absolute Gasteiger partial charge is 0.200 e. The molecule has 15 heavy (non-hydrogen) atoms. The summed E-state index contributed by atoms with van der Waals surface area (Å²) in [4.78, 5) is 6.34. The number of nitrogens with zero attached hydrogens (tertiary/aromatic N) is 3. The van der Waals surface area contributed by atoms with Crippen LogP contribution >= 0.6 is 11.6 Å². The van der Waals surface area contributed by atoms with E-state index in [2.05, 4.69) is 4.98 Å². The number of hydrogen-bond acceptors (Lipinski definition) is 3. The van der Waals surface area contributed by atoms with Crippen LogP contribution in [0.5, 0.6) is 5.88 Å². The van der Waals surface area contributed by atoms with E-state index in [9.17, 15) is 0 Å². The van der Waals surface area contributed by atoms with Crippen LogP contribution in [0.3, 0.4) is 0 Å². The zero-order valence-electron chi connectivity index (χ0n) is 8.86. The Labute approximate surface area is 93.0 Å². The number of methoxy groups -OCH3 is 1. The van der Waals surface area contributed by atoms with Crippen LogP contribution in [0.4, 0.5) is 5.82 Å². The van der Waals surface area contributed by atoms with Crippen LogP contribution in [0, 0.1) is 0 Å². The van der Waals surface area contributed by atoms with E-state index in [-0.39, 0.29) is 0 Å². The van der Waals surface area contributed by atoms with E-state index >= 15 is 0 Å². The summed E-state index contributed by atoms with van der Waals surface area (Å²) < 4.78 is 7.08. The van der Waals surface area contributed by atoms with E-state index in [4.69, 9.17) is 16.3 Å². The van der Waals surface area contributed by atoms with Gasteiger partial charge in [0.25, 0.3) is 0 Å². The molecule has 5 heteroatoms. The molecule has 0 saturated carbocycles. The number of halogens is 1. The molecule has 2 heterocycles. The number of pyridine rings is 1. The van der Waals surface area contributed by atoms with E-state index in [0.717, 1.165) is 11.5 Å². The van der Waals surface area contributed by atoms with E-state index in [1.54, 1.807) is 19.2 Å². The molecule has 2 aromatic heterocycles. The molecule has 0 amide bonds. The SMILES string of the molecule is COc1cc(Cl)cc2nc(N(C)C)cn12. The molecule has 0 unspecified atom stereocenters. The van der Waals surface area contributed by atoms with Crippen LogP contribution in [-0.4, -0.2) is 30.6 Å². The molecule has 80 valence electrons. The molecule has 4 nitrogen and oxygen atoms in total. The summed E-state index contributed by atoms with van der Waals surface area (Å²) in [6.45, 7) is 0. The maximum absolute atomic E-state index is 5.94. The first-order valence-corrected chi connectivity index (χ1v) is 4.89. The molecule has 0 radical (unpaired) electrons. The van der Waals surface area contributed by atoms with Gasteiger partial charge in [-0.15, -0.1) is 0 Å². The van der Waals surface area contributed by atoms with Gasteiger partial charge in [-0.1, -0.05) is 11.6 Å². The van der Waals surface area contributed by atoms with Gasteiger partial charge in [-0.3, -0.25) is 4.40 Å². The lowest BCUT2D eigenvalue weighted by Gasteiger charge is -2.05. The fraction of sp³-hybridized carbons (Fsp3) is 0.300. The fourth-order valence-corrected chi connectivity index (χ4v) is 1.58. The second-order valence-corrected chi connectivity index (χ2v) is 3.87. The summed E-state index contributed by atoms with van der Waals surface area (Å²) in [6.07, 6.45) is 1.91. The van der Waals surface area contributed by atoms with Gasteiger partial charge in [0.1, 0.15) is 11.5 Å². The van der Waals surface area contributed by atoms with Crippen molar-refractivity contribution in [2.45, 2.75) is 0 Å². The first-order valence-electron chi connectivity index (χ1n) is 4.52. The Morgan fingerprint density at radius 1 is 1.40 bits per heavy atom. The Morgan fingerprint density at radius 2 is 2.13 bits per heavy atom. The summed E-state index contributed by atoms with van der Waals surface area (Å²) in [7, 11) is 5.49. The van der Waals surface area contributed by atoms with Crippen molar-refractivity contribution in [2.75, 3.05) is 26.1 Å². The van der Waals surface area contributed by atoms with Crippen molar-refractivity contribution in [3.8, 4) is 5.88 Å². The van der Waals surface area contributed by atoms with Crippen molar-refractivity contribution >= 4 is 23.1 Å². The average molecular weight is 226 g/mol. The third kappa shape index (κ3) is 1.72. The molecule has 0 aromatic carbocycles. The third-order valence-corrected chi connectivity index (χ3v) is 2.37. The highest BCUT2D eigenvalue weighted by Crippen LogP contribution is 2.23. The van der Waals surface area contributed by atoms with Crippen LogP contribution in [-0.2, 0) is 0 Å². The van der Waals surface area contributed by atoms with E-state index in [0.29, 0.717) is 10.9 Å². The van der Waals surface area contributed by atoms with Crippen molar-refractivity contribution in [2.24, 2.45) is 0 Å². The van der Waals surface area contributed by atoms with Crippen LogP contribution in [0.2, 0.25) is 5.02 Å². The maximum atomic E-state index is 5.94. The number of imidazole rings is 1. The van der Waals surface area contributed by atoms with Crippen LogP contribution in [0.25, 0.3) is 5.65 Å². The third-order valence-electron chi connectivity index (χ3n) is 2.15. The number of fused-ring (bicyclic) bond motifs is 1. The summed E-state index contributed by atoms with van der Waals surface area (Å²) >= 11 is 5.94. The topological polar surface area (TPSA) is 29.8 Å². The molecular formula is C10H12ClN3O. The minimum atomic E-state index is 0.621. The van der Waals surface area contributed by atoms with E-state index < -0.39 is 0 Å². The second kappa shape index (κ2) is 3.62. The molecule has 0 aliphatic heterocycles. The minimum Gasteiger partial charge on any atom is -0.482 e. The molecule has 0 fully saturated rings. The lowest BCUT2D eigenvalue weighted by atomic mass is 10.4. The number of hydrogen-bond donors (Lipinski definition) is 0. The van der Waals surface area contributed by atoms with Gasteiger partial charge in [-0.05, 0) is 0 Å². The van der Waals surface area contributed by atoms with Crippen molar-refractivity contribution in [3.63, 3.8) is 0 Å². The molecule has 0 spiro atoms. The van der Waals surface area contributed by atoms with Gasteiger partial charge in [0.05, 0.1) is 13.3 Å². The standard InChI is InChI=1S/C10H12ClN3O/c1-13(2)9-6-14-8(12-9)4-7(11)5-10(14)15-3/h4-6H,1-3H3. The van der Waals surface area contributed by atoms with Gasteiger partial charge in [-0.25, -0.2) is 4.98 Å².